The number of carbonyl (C=O) groups is 3. The molecule has 0 spiro atoms. The minimum atomic E-state index is -1.33. The first-order valence-corrected chi connectivity index (χ1v) is 9.38. The molecule has 10 nitrogen and oxygen atoms in total. The van der Waals surface area contributed by atoms with Gasteiger partial charge in [0.2, 0.25) is 5.75 Å². The van der Waals surface area contributed by atoms with Crippen LogP contribution in [0.4, 0.5) is 4.79 Å². The third kappa shape index (κ3) is 4.15. The van der Waals surface area contributed by atoms with Crippen molar-refractivity contribution in [3.63, 3.8) is 0 Å². The second-order valence-electron chi connectivity index (χ2n) is 6.59. The number of carboxylic acid groups (broad SMARTS) is 1. The maximum Gasteiger partial charge on any atom is 0.405 e. The summed E-state index contributed by atoms with van der Waals surface area (Å²) in [5.74, 6) is 0.479. The molecule has 1 heterocycles. The molecule has 0 fully saturated rings. The van der Waals surface area contributed by atoms with E-state index in [4.69, 9.17) is 24.1 Å². The van der Waals surface area contributed by atoms with Crippen LogP contribution in [0, 0.1) is 0 Å². The lowest BCUT2D eigenvalue weighted by atomic mass is 10.0. The third-order valence-corrected chi connectivity index (χ3v) is 4.84. The second-order valence-corrected chi connectivity index (χ2v) is 6.59. The fraction of sp³-hybridized carbons (Fsp3) is 0.227. The lowest BCUT2D eigenvalue weighted by molar-refractivity contribution is 0.0913. The Hall–Kier alpha value is -4.21. The van der Waals surface area contributed by atoms with Crippen LogP contribution in [-0.4, -0.2) is 62.4 Å². The smallest absolute Gasteiger partial charge is 0.405 e. The topological polar surface area (TPSA) is 125 Å². The van der Waals surface area contributed by atoms with E-state index in [9.17, 15) is 14.4 Å². The molecule has 10 heteroatoms. The summed E-state index contributed by atoms with van der Waals surface area (Å²) < 4.78 is 22.4. The summed E-state index contributed by atoms with van der Waals surface area (Å²) in [4.78, 5) is 36.9. The van der Waals surface area contributed by atoms with Crippen LogP contribution < -0.4 is 24.3 Å². The number of ether oxygens (including phenoxy) is 4. The predicted molar refractivity (Wildman–Crippen MR) is 115 cm³/mol. The summed E-state index contributed by atoms with van der Waals surface area (Å²) >= 11 is 0. The Morgan fingerprint density at radius 2 is 1.59 bits per heavy atom. The highest BCUT2D eigenvalue weighted by Crippen LogP contribution is 2.39. The summed E-state index contributed by atoms with van der Waals surface area (Å²) in [5.41, 5.74) is 0.892. The molecule has 168 valence electrons. The molecule has 0 aliphatic carbocycles. The Balaban J connectivity index is 2.15. The van der Waals surface area contributed by atoms with E-state index in [0.717, 1.165) is 0 Å². The summed E-state index contributed by atoms with van der Waals surface area (Å²) in [5, 5.41) is 11.3. The van der Waals surface area contributed by atoms with E-state index >= 15 is 0 Å². The molecule has 3 rings (SSSR count). The number of hydrogen-bond donors (Lipinski definition) is 2. The molecule has 0 bridgehead atoms. The standard InChI is InChI=1S/C22H22N2O8/c1-29-13-5-6-14-15(11-24(16(14)9-13)19(25)10-23-22(27)28)20(26)12-7-17(30-2)21(32-4)18(8-12)31-3/h5-9,11,23H,10H2,1-4H3,(H,27,28). The summed E-state index contributed by atoms with van der Waals surface area (Å²) in [6.45, 7) is -0.464. The highest BCUT2D eigenvalue weighted by molar-refractivity contribution is 6.18. The first-order valence-electron chi connectivity index (χ1n) is 9.38. The normalized spacial score (nSPS) is 10.5. The van der Waals surface area contributed by atoms with Crippen molar-refractivity contribution in [3.8, 4) is 23.0 Å². The van der Waals surface area contributed by atoms with Crippen LogP contribution in [0.3, 0.4) is 0 Å². The minimum absolute atomic E-state index is 0.237. The quantitative estimate of drug-likeness (QED) is 0.510. The number of aromatic nitrogens is 1. The van der Waals surface area contributed by atoms with Crippen molar-refractivity contribution < 1.29 is 38.4 Å². The zero-order valence-corrected chi connectivity index (χ0v) is 17.9. The van der Waals surface area contributed by atoms with Gasteiger partial charge < -0.3 is 29.4 Å². The average Bonchev–Trinajstić information content (AvgIpc) is 3.19. The summed E-state index contributed by atoms with van der Waals surface area (Å²) in [7, 11) is 5.82. The van der Waals surface area contributed by atoms with Gasteiger partial charge in [-0.3, -0.25) is 14.2 Å². The number of nitrogens with one attached hydrogen (secondary N) is 1. The molecular formula is C22H22N2O8. The highest BCUT2D eigenvalue weighted by Gasteiger charge is 2.23. The second kappa shape index (κ2) is 9.29. The van der Waals surface area contributed by atoms with E-state index in [0.29, 0.717) is 33.9 Å². The third-order valence-electron chi connectivity index (χ3n) is 4.84. The van der Waals surface area contributed by atoms with Crippen molar-refractivity contribution in [3.05, 3.63) is 47.7 Å². The van der Waals surface area contributed by atoms with Crippen LogP contribution in [-0.2, 0) is 0 Å². The minimum Gasteiger partial charge on any atom is -0.497 e. The SMILES string of the molecule is COc1ccc2c(C(=O)c3cc(OC)c(OC)c(OC)c3)cn(C(=O)CNC(=O)O)c2c1. The van der Waals surface area contributed by atoms with Crippen molar-refractivity contribution >= 4 is 28.7 Å². The predicted octanol–water partition coefficient (Wildman–Crippen LogP) is 2.81. The van der Waals surface area contributed by atoms with Crippen LogP contribution in [0.25, 0.3) is 10.9 Å². The highest BCUT2D eigenvalue weighted by atomic mass is 16.5. The number of ketones is 1. The van der Waals surface area contributed by atoms with Crippen molar-refractivity contribution in [2.75, 3.05) is 35.0 Å². The molecule has 0 aliphatic heterocycles. The van der Waals surface area contributed by atoms with Crippen LogP contribution in [0.5, 0.6) is 23.0 Å². The van der Waals surface area contributed by atoms with E-state index in [1.54, 1.807) is 18.2 Å². The number of methoxy groups -OCH3 is 4. The maximum absolute atomic E-state index is 13.4. The van der Waals surface area contributed by atoms with E-state index in [1.807, 2.05) is 5.32 Å². The van der Waals surface area contributed by atoms with Gasteiger partial charge in [0.15, 0.2) is 17.3 Å². The molecular weight excluding hydrogens is 420 g/mol. The average molecular weight is 442 g/mol. The van der Waals surface area contributed by atoms with Gasteiger partial charge in [0.1, 0.15) is 12.3 Å². The Bertz CT molecular complexity index is 1170. The first-order chi connectivity index (χ1) is 15.3. The van der Waals surface area contributed by atoms with Crippen molar-refractivity contribution in [1.82, 2.24) is 9.88 Å². The van der Waals surface area contributed by atoms with Gasteiger partial charge in [-0.05, 0) is 24.3 Å². The van der Waals surface area contributed by atoms with Gasteiger partial charge in [-0.1, -0.05) is 0 Å². The van der Waals surface area contributed by atoms with Crippen molar-refractivity contribution in [2.24, 2.45) is 0 Å². The van der Waals surface area contributed by atoms with Crippen molar-refractivity contribution in [2.45, 2.75) is 0 Å². The number of benzene rings is 2. The maximum atomic E-state index is 13.4. The molecule has 0 aliphatic rings. The lowest BCUT2D eigenvalue weighted by Gasteiger charge is -2.13. The van der Waals surface area contributed by atoms with E-state index < -0.39 is 24.3 Å². The number of amides is 1. The Kier molecular flexibility index (Phi) is 6.53. The zero-order valence-electron chi connectivity index (χ0n) is 17.9. The van der Waals surface area contributed by atoms with Gasteiger partial charge in [-0.2, -0.15) is 0 Å². The van der Waals surface area contributed by atoms with Gasteiger partial charge in [0.05, 0.1) is 34.0 Å². The molecule has 0 saturated heterocycles. The number of hydrogen-bond acceptors (Lipinski definition) is 7. The molecule has 2 aromatic carbocycles. The molecule has 0 unspecified atom stereocenters. The molecule has 32 heavy (non-hydrogen) atoms. The Labute approximate surface area is 183 Å². The van der Waals surface area contributed by atoms with E-state index in [-0.39, 0.29) is 11.1 Å². The molecule has 1 amide bonds. The largest absolute Gasteiger partial charge is 0.497 e. The lowest BCUT2D eigenvalue weighted by Crippen LogP contribution is -2.30. The fourth-order valence-corrected chi connectivity index (χ4v) is 3.33. The number of carbonyl (C=O) groups excluding carboxylic acids is 2. The van der Waals surface area contributed by atoms with Crippen LogP contribution >= 0.6 is 0 Å². The van der Waals surface area contributed by atoms with Crippen LogP contribution in [0.2, 0.25) is 0 Å². The molecule has 0 saturated carbocycles. The first kappa shape index (κ1) is 22.5. The number of fused-ring (bicyclic) bond motifs is 1. The monoisotopic (exact) mass is 442 g/mol. The van der Waals surface area contributed by atoms with Gasteiger partial charge in [-0.15, -0.1) is 0 Å². The Morgan fingerprint density at radius 1 is 0.938 bits per heavy atom. The van der Waals surface area contributed by atoms with Gasteiger partial charge >= 0.3 is 6.09 Å². The molecule has 0 atom stereocenters. The van der Waals surface area contributed by atoms with Gasteiger partial charge in [0.25, 0.3) is 5.91 Å². The zero-order chi connectivity index (χ0) is 23.4. The molecule has 2 N–H and O–H groups in total. The van der Waals surface area contributed by atoms with E-state index in [2.05, 4.69) is 0 Å². The molecule has 0 radical (unpaired) electrons. The van der Waals surface area contributed by atoms with Gasteiger partial charge in [0, 0.05) is 28.8 Å². The van der Waals surface area contributed by atoms with Gasteiger partial charge in [-0.25, -0.2) is 4.79 Å². The van der Waals surface area contributed by atoms with Crippen molar-refractivity contribution in [1.29, 1.82) is 0 Å². The molecule has 1 aromatic heterocycles. The number of nitrogens with zero attached hydrogens (tertiary/aromatic N) is 1. The molecule has 3 aromatic rings. The Morgan fingerprint density at radius 3 is 2.12 bits per heavy atom. The summed E-state index contributed by atoms with van der Waals surface area (Å²) in [6, 6.07) is 7.96. The fourth-order valence-electron chi connectivity index (χ4n) is 3.33. The van der Waals surface area contributed by atoms with E-state index in [1.165, 1.54) is 51.3 Å². The number of rotatable bonds is 8. The van der Waals surface area contributed by atoms with Crippen LogP contribution in [0.15, 0.2) is 36.5 Å². The van der Waals surface area contributed by atoms with Crippen LogP contribution in [0.1, 0.15) is 20.7 Å². The summed E-state index contributed by atoms with van der Waals surface area (Å²) in [6.07, 6.45) is 0.0442.